The van der Waals surface area contributed by atoms with Gasteiger partial charge in [0.25, 0.3) is 5.91 Å². The first-order valence-electron chi connectivity index (χ1n) is 14.9. The van der Waals surface area contributed by atoms with Crippen LogP contribution in [-0.2, 0) is 24.0 Å². The zero-order valence-electron chi connectivity index (χ0n) is 25.2. The van der Waals surface area contributed by atoms with E-state index in [-0.39, 0.29) is 11.1 Å². The monoisotopic (exact) mass is 601 g/mol. The van der Waals surface area contributed by atoms with E-state index >= 15 is 0 Å². The number of aryl methyl sites for hydroxylation is 2. The molecule has 2 unspecified atom stereocenters. The minimum atomic E-state index is -1.85. The molecule has 1 saturated carbocycles. The van der Waals surface area contributed by atoms with E-state index in [0.29, 0.717) is 11.4 Å². The Kier molecular flexibility index (Phi) is 6.14. The van der Waals surface area contributed by atoms with Crippen LogP contribution in [0.1, 0.15) is 35.3 Å². The SMILES string of the molecule is CC(=O)C1=CC2(NC(=O)c3ccccc3)[C@@H]3C(=O)N(c4cccc(C)c4)C(=O)[C@@H]3C1(C)[C@@H]1C(=O)N(c3cccc(C)c3)C(=O)[C@@H]12. The van der Waals surface area contributed by atoms with Crippen molar-refractivity contribution in [1.29, 1.82) is 0 Å². The van der Waals surface area contributed by atoms with Crippen LogP contribution in [0.4, 0.5) is 11.4 Å². The van der Waals surface area contributed by atoms with Gasteiger partial charge in [0.1, 0.15) is 0 Å². The van der Waals surface area contributed by atoms with Crippen LogP contribution in [0.3, 0.4) is 0 Å². The van der Waals surface area contributed by atoms with Gasteiger partial charge < -0.3 is 5.32 Å². The summed E-state index contributed by atoms with van der Waals surface area (Å²) in [6.45, 7) is 6.66. The number of benzene rings is 3. The highest BCUT2D eigenvalue weighted by molar-refractivity contribution is 6.28. The third-order valence-corrected chi connectivity index (χ3v) is 10.2. The highest BCUT2D eigenvalue weighted by Crippen LogP contribution is 2.68. The van der Waals surface area contributed by atoms with E-state index in [9.17, 15) is 28.8 Å². The minimum Gasteiger partial charge on any atom is -0.341 e. The molecule has 1 N–H and O–H groups in total. The maximum absolute atomic E-state index is 14.6. The molecule has 45 heavy (non-hydrogen) atoms. The van der Waals surface area contributed by atoms with Gasteiger partial charge in [0.15, 0.2) is 5.78 Å². The number of imide groups is 2. The van der Waals surface area contributed by atoms with Crippen molar-refractivity contribution in [1.82, 2.24) is 5.32 Å². The zero-order valence-corrected chi connectivity index (χ0v) is 25.2. The van der Waals surface area contributed by atoms with Gasteiger partial charge in [0.05, 0.1) is 40.6 Å². The maximum Gasteiger partial charge on any atom is 0.252 e. The summed E-state index contributed by atoms with van der Waals surface area (Å²) in [5.74, 6) is -8.22. The van der Waals surface area contributed by atoms with E-state index in [2.05, 4.69) is 5.32 Å². The van der Waals surface area contributed by atoms with Crippen LogP contribution < -0.4 is 15.1 Å². The highest BCUT2D eigenvalue weighted by atomic mass is 16.2. The number of allylic oxidation sites excluding steroid dienone is 1. The zero-order chi connectivity index (χ0) is 32.0. The third-order valence-electron chi connectivity index (χ3n) is 10.2. The summed E-state index contributed by atoms with van der Waals surface area (Å²) in [5.41, 5.74) is -0.602. The number of hydrogen-bond donors (Lipinski definition) is 1. The Hall–Kier alpha value is -5.18. The van der Waals surface area contributed by atoms with Crippen molar-refractivity contribution in [2.75, 3.05) is 9.80 Å². The predicted octanol–water partition coefficient (Wildman–Crippen LogP) is 3.93. The topological polar surface area (TPSA) is 121 Å². The summed E-state index contributed by atoms with van der Waals surface area (Å²) in [4.78, 5) is 87.8. The number of anilines is 2. The molecule has 5 amide bonds. The summed E-state index contributed by atoms with van der Waals surface area (Å²) >= 11 is 0. The van der Waals surface area contributed by atoms with Crippen molar-refractivity contribution in [3.05, 3.63) is 107 Å². The van der Waals surface area contributed by atoms with Crippen molar-refractivity contribution < 1.29 is 28.8 Å². The number of rotatable bonds is 5. The molecule has 3 aliphatic carbocycles. The molecule has 2 bridgehead atoms. The van der Waals surface area contributed by atoms with Crippen molar-refractivity contribution in [3.8, 4) is 0 Å². The fraction of sp³-hybridized carbons (Fsp3) is 0.278. The first kappa shape index (κ1) is 28.6. The summed E-state index contributed by atoms with van der Waals surface area (Å²) in [5, 5.41) is 2.98. The number of nitrogens with one attached hydrogen (secondary N) is 1. The molecule has 8 rings (SSSR count). The van der Waals surface area contributed by atoms with Crippen molar-refractivity contribution in [2.45, 2.75) is 33.2 Å². The average Bonchev–Trinajstić information content (AvgIpc) is 3.45. The molecule has 2 heterocycles. The molecule has 3 aromatic carbocycles. The number of hydrogen-bond acceptors (Lipinski definition) is 6. The van der Waals surface area contributed by atoms with Crippen LogP contribution in [-0.4, -0.2) is 40.9 Å². The third kappa shape index (κ3) is 3.73. The fourth-order valence-electron chi connectivity index (χ4n) is 8.38. The average molecular weight is 602 g/mol. The lowest BCUT2D eigenvalue weighted by molar-refractivity contribution is -0.152. The Balaban J connectivity index is 1.49. The second-order valence-corrected chi connectivity index (χ2v) is 12.8. The number of carbonyl (C=O) groups is 6. The number of ketones is 1. The molecule has 0 radical (unpaired) electrons. The van der Waals surface area contributed by atoms with Crippen LogP contribution in [0.15, 0.2) is 90.5 Å². The molecule has 0 spiro atoms. The minimum absolute atomic E-state index is 0.151. The summed E-state index contributed by atoms with van der Waals surface area (Å²) < 4.78 is 0. The van der Waals surface area contributed by atoms with Crippen LogP contribution in [0.5, 0.6) is 0 Å². The van der Waals surface area contributed by atoms with Crippen LogP contribution in [0, 0.1) is 42.9 Å². The normalized spacial score (nSPS) is 29.9. The first-order chi connectivity index (χ1) is 21.4. The molecule has 3 aromatic rings. The molecular weight excluding hydrogens is 570 g/mol. The smallest absolute Gasteiger partial charge is 0.252 e. The van der Waals surface area contributed by atoms with E-state index < -0.39 is 69.9 Å². The van der Waals surface area contributed by atoms with Gasteiger partial charge in [-0.3, -0.25) is 28.8 Å². The standard InChI is InChI=1S/C36H31N3O6/c1-19-10-8-14-23(16-19)38-31(42)26-28(33(38)44)36(37-30(41)22-12-6-5-7-13-22)18-25(21(3)40)35(26,4)27-29(36)34(45)39(32(27)43)24-15-9-11-20(2)17-24/h5-18,26-29H,1-4H3,(H,37,41)/t26-,27+,28+,29-,35?,36?. The van der Waals surface area contributed by atoms with Gasteiger partial charge in [-0.1, -0.05) is 55.5 Å². The second kappa shape index (κ2) is 9.66. The Morgan fingerprint density at radius 3 is 1.58 bits per heavy atom. The van der Waals surface area contributed by atoms with E-state index in [1.165, 1.54) is 13.0 Å². The molecule has 2 saturated heterocycles. The molecular formula is C36H31N3O6. The van der Waals surface area contributed by atoms with Gasteiger partial charge in [-0.05, 0) is 68.3 Å². The molecule has 0 aromatic heterocycles. The van der Waals surface area contributed by atoms with Crippen molar-refractivity contribution in [2.24, 2.45) is 29.1 Å². The first-order valence-corrected chi connectivity index (χ1v) is 14.9. The Labute approximate surface area is 259 Å². The number of carbonyl (C=O) groups excluding carboxylic acids is 6. The highest BCUT2D eigenvalue weighted by Gasteiger charge is 2.80. The lowest BCUT2D eigenvalue weighted by atomic mass is 9.41. The quantitative estimate of drug-likeness (QED) is 0.443. The molecule has 226 valence electrons. The second-order valence-electron chi connectivity index (χ2n) is 12.8. The van der Waals surface area contributed by atoms with Gasteiger partial charge in [-0.15, -0.1) is 0 Å². The summed E-state index contributed by atoms with van der Waals surface area (Å²) in [6.07, 6.45) is 1.51. The van der Waals surface area contributed by atoms with Crippen LogP contribution in [0.25, 0.3) is 0 Å². The molecule has 3 fully saturated rings. The number of nitrogens with zero attached hydrogens (tertiary/aromatic N) is 2. The van der Waals surface area contributed by atoms with Gasteiger partial charge in [-0.2, -0.15) is 0 Å². The fourth-order valence-corrected chi connectivity index (χ4v) is 8.38. The van der Waals surface area contributed by atoms with Gasteiger partial charge in [0.2, 0.25) is 23.6 Å². The van der Waals surface area contributed by atoms with Crippen LogP contribution >= 0.6 is 0 Å². The summed E-state index contributed by atoms with van der Waals surface area (Å²) in [7, 11) is 0. The van der Waals surface area contributed by atoms with Crippen molar-refractivity contribution >= 4 is 46.7 Å². The van der Waals surface area contributed by atoms with E-state index in [0.717, 1.165) is 20.9 Å². The van der Waals surface area contributed by atoms with Crippen LogP contribution in [0.2, 0.25) is 0 Å². The predicted molar refractivity (Wildman–Crippen MR) is 165 cm³/mol. The maximum atomic E-state index is 14.6. The Bertz CT molecular complexity index is 1810. The van der Waals surface area contributed by atoms with Gasteiger partial charge in [0, 0.05) is 16.6 Å². The molecule has 6 atom stereocenters. The van der Waals surface area contributed by atoms with E-state index in [1.54, 1.807) is 73.7 Å². The van der Waals surface area contributed by atoms with Gasteiger partial charge in [-0.25, -0.2) is 9.80 Å². The van der Waals surface area contributed by atoms with Gasteiger partial charge >= 0.3 is 0 Å². The van der Waals surface area contributed by atoms with E-state index in [4.69, 9.17) is 0 Å². The van der Waals surface area contributed by atoms with E-state index in [1.807, 2.05) is 26.0 Å². The molecule has 2 aliphatic heterocycles. The molecule has 5 aliphatic rings. The largest absolute Gasteiger partial charge is 0.341 e. The van der Waals surface area contributed by atoms with Crippen molar-refractivity contribution in [3.63, 3.8) is 0 Å². The Morgan fingerprint density at radius 2 is 1.13 bits per heavy atom. The number of amides is 5. The lowest BCUT2D eigenvalue weighted by Crippen LogP contribution is -2.73. The lowest BCUT2D eigenvalue weighted by Gasteiger charge is -2.59. The Morgan fingerprint density at radius 1 is 0.667 bits per heavy atom. The number of Topliss-reactive ketones (excluding diaryl/α,β-unsaturated/α-hetero) is 1. The summed E-state index contributed by atoms with van der Waals surface area (Å²) in [6, 6.07) is 22.2. The molecule has 9 nitrogen and oxygen atoms in total. The molecule has 9 heteroatoms.